The molecule has 0 saturated carbocycles. The van der Waals surface area contributed by atoms with E-state index in [0.29, 0.717) is 23.0 Å². The molecule has 1 heterocycles. The SMILES string of the molecule is Cc1nc(C)c(CNC(=O)c2ccc(OCC(=O)O)cc2)o1. The Kier molecular flexibility index (Phi) is 4.77. The lowest BCUT2D eigenvalue weighted by molar-refractivity contribution is -0.139. The van der Waals surface area contributed by atoms with Crippen molar-refractivity contribution in [3.05, 3.63) is 47.2 Å². The highest BCUT2D eigenvalue weighted by molar-refractivity contribution is 5.94. The van der Waals surface area contributed by atoms with Crippen LogP contribution in [0, 0.1) is 13.8 Å². The van der Waals surface area contributed by atoms with E-state index >= 15 is 0 Å². The number of oxazole rings is 1. The van der Waals surface area contributed by atoms with Crippen LogP contribution in [0.1, 0.15) is 27.7 Å². The molecule has 1 aromatic heterocycles. The Morgan fingerprint density at radius 2 is 1.95 bits per heavy atom. The standard InChI is InChI=1S/C15H16N2O5/c1-9-13(22-10(2)17-9)7-16-15(20)11-3-5-12(6-4-11)21-8-14(18)19/h3-6H,7-8H2,1-2H3,(H,16,20)(H,18,19). The zero-order valence-corrected chi connectivity index (χ0v) is 12.3. The van der Waals surface area contributed by atoms with E-state index < -0.39 is 12.6 Å². The monoisotopic (exact) mass is 304 g/mol. The lowest BCUT2D eigenvalue weighted by Gasteiger charge is -2.06. The topological polar surface area (TPSA) is 102 Å². The summed E-state index contributed by atoms with van der Waals surface area (Å²) >= 11 is 0. The minimum atomic E-state index is -1.06. The maximum absolute atomic E-state index is 12.0. The molecule has 2 rings (SSSR count). The van der Waals surface area contributed by atoms with Gasteiger partial charge in [0.05, 0.1) is 12.2 Å². The second-order valence-electron chi connectivity index (χ2n) is 4.63. The summed E-state index contributed by atoms with van der Waals surface area (Å²) in [6.45, 7) is 3.39. The summed E-state index contributed by atoms with van der Waals surface area (Å²) in [4.78, 5) is 26.5. The molecule has 22 heavy (non-hydrogen) atoms. The first-order chi connectivity index (χ1) is 10.5. The third kappa shape index (κ3) is 4.08. The molecule has 0 unspecified atom stereocenters. The van der Waals surface area contributed by atoms with Crippen LogP contribution in [0.3, 0.4) is 0 Å². The Morgan fingerprint density at radius 1 is 1.27 bits per heavy atom. The van der Waals surface area contributed by atoms with Gasteiger partial charge in [0.25, 0.3) is 5.91 Å². The first-order valence-corrected chi connectivity index (χ1v) is 6.61. The summed E-state index contributed by atoms with van der Waals surface area (Å²) in [6.07, 6.45) is 0. The van der Waals surface area contributed by atoms with Gasteiger partial charge in [-0.2, -0.15) is 0 Å². The summed E-state index contributed by atoms with van der Waals surface area (Å²) < 4.78 is 10.4. The van der Waals surface area contributed by atoms with Crippen molar-refractivity contribution in [2.24, 2.45) is 0 Å². The Hall–Kier alpha value is -2.83. The van der Waals surface area contributed by atoms with Gasteiger partial charge in [0, 0.05) is 12.5 Å². The fourth-order valence-corrected chi connectivity index (χ4v) is 1.85. The number of ether oxygens (including phenoxy) is 1. The van der Waals surface area contributed by atoms with Gasteiger partial charge in [0.1, 0.15) is 11.5 Å². The average molecular weight is 304 g/mol. The molecule has 7 heteroatoms. The molecule has 0 fully saturated rings. The number of rotatable bonds is 6. The van der Waals surface area contributed by atoms with Crippen molar-refractivity contribution in [3.8, 4) is 5.75 Å². The highest BCUT2D eigenvalue weighted by Crippen LogP contribution is 2.13. The van der Waals surface area contributed by atoms with Crippen molar-refractivity contribution in [2.45, 2.75) is 20.4 Å². The lowest BCUT2D eigenvalue weighted by Crippen LogP contribution is -2.22. The highest BCUT2D eigenvalue weighted by Gasteiger charge is 2.10. The number of nitrogens with one attached hydrogen (secondary N) is 1. The van der Waals surface area contributed by atoms with E-state index in [4.69, 9.17) is 14.3 Å². The van der Waals surface area contributed by atoms with Crippen LogP contribution in [0.2, 0.25) is 0 Å². The third-order valence-electron chi connectivity index (χ3n) is 2.89. The molecule has 1 amide bonds. The predicted molar refractivity (Wildman–Crippen MR) is 76.7 cm³/mol. The second kappa shape index (κ2) is 6.75. The van der Waals surface area contributed by atoms with Gasteiger partial charge in [-0.1, -0.05) is 0 Å². The summed E-state index contributed by atoms with van der Waals surface area (Å²) in [5, 5.41) is 11.2. The summed E-state index contributed by atoms with van der Waals surface area (Å²) in [5.41, 5.74) is 1.19. The zero-order valence-electron chi connectivity index (χ0n) is 12.3. The van der Waals surface area contributed by atoms with Crippen molar-refractivity contribution in [3.63, 3.8) is 0 Å². The third-order valence-corrected chi connectivity index (χ3v) is 2.89. The molecular weight excluding hydrogens is 288 g/mol. The van der Waals surface area contributed by atoms with E-state index in [9.17, 15) is 9.59 Å². The average Bonchev–Trinajstić information content (AvgIpc) is 2.81. The van der Waals surface area contributed by atoms with E-state index in [0.717, 1.165) is 5.69 Å². The van der Waals surface area contributed by atoms with Crippen LogP contribution in [0.5, 0.6) is 5.75 Å². The predicted octanol–water partition coefficient (Wildman–Crippen LogP) is 1.68. The molecule has 2 aromatic rings. The molecule has 0 atom stereocenters. The number of aryl methyl sites for hydroxylation is 2. The maximum Gasteiger partial charge on any atom is 0.341 e. The van der Waals surface area contributed by atoms with E-state index in [1.54, 1.807) is 31.2 Å². The first kappa shape index (κ1) is 15.6. The Bertz CT molecular complexity index is 676. The van der Waals surface area contributed by atoms with Gasteiger partial charge < -0.3 is 19.6 Å². The molecular formula is C15H16N2O5. The minimum absolute atomic E-state index is 0.253. The van der Waals surface area contributed by atoms with E-state index in [1.807, 2.05) is 6.92 Å². The van der Waals surface area contributed by atoms with Crippen molar-refractivity contribution >= 4 is 11.9 Å². The number of amides is 1. The van der Waals surface area contributed by atoms with Gasteiger partial charge in [0.2, 0.25) is 0 Å². The van der Waals surface area contributed by atoms with Gasteiger partial charge in [-0.3, -0.25) is 4.79 Å². The normalized spacial score (nSPS) is 10.3. The number of carbonyl (C=O) groups excluding carboxylic acids is 1. The van der Waals surface area contributed by atoms with Crippen LogP contribution in [-0.2, 0) is 11.3 Å². The van der Waals surface area contributed by atoms with Crippen LogP contribution in [0.25, 0.3) is 0 Å². The fourth-order valence-electron chi connectivity index (χ4n) is 1.85. The van der Waals surface area contributed by atoms with Crippen molar-refractivity contribution in [1.29, 1.82) is 0 Å². The largest absolute Gasteiger partial charge is 0.482 e. The van der Waals surface area contributed by atoms with Gasteiger partial charge in [-0.25, -0.2) is 9.78 Å². The zero-order chi connectivity index (χ0) is 16.1. The molecule has 7 nitrogen and oxygen atoms in total. The Labute approximate surface area is 126 Å². The number of aromatic nitrogens is 1. The number of nitrogens with zero attached hydrogens (tertiary/aromatic N) is 1. The van der Waals surface area contributed by atoms with E-state index in [1.165, 1.54) is 0 Å². The second-order valence-corrected chi connectivity index (χ2v) is 4.63. The molecule has 0 bridgehead atoms. The van der Waals surface area contributed by atoms with Gasteiger partial charge in [-0.15, -0.1) is 0 Å². The molecule has 2 N–H and O–H groups in total. The van der Waals surface area contributed by atoms with E-state index in [2.05, 4.69) is 10.3 Å². The molecule has 0 saturated heterocycles. The van der Waals surface area contributed by atoms with Gasteiger partial charge in [0.15, 0.2) is 12.5 Å². The molecule has 116 valence electrons. The maximum atomic E-state index is 12.0. The molecule has 0 radical (unpaired) electrons. The van der Waals surface area contributed by atoms with Crippen molar-refractivity contribution in [2.75, 3.05) is 6.61 Å². The number of aliphatic carboxylic acids is 1. The fraction of sp³-hybridized carbons (Fsp3) is 0.267. The number of benzene rings is 1. The smallest absolute Gasteiger partial charge is 0.341 e. The number of carbonyl (C=O) groups is 2. The minimum Gasteiger partial charge on any atom is -0.482 e. The van der Waals surface area contributed by atoms with Gasteiger partial charge in [-0.05, 0) is 31.2 Å². The number of hydrogen-bond acceptors (Lipinski definition) is 5. The quantitative estimate of drug-likeness (QED) is 0.842. The van der Waals surface area contributed by atoms with Crippen LogP contribution >= 0.6 is 0 Å². The number of carboxylic acids is 1. The van der Waals surface area contributed by atoms with Crippen LogP contribution in [0.4, 0.5) is 0 Å². The summed E-state index contributed by atoms with van der Waals surface area (Å²) in [7, 11) is 0. The number of hydrogen-bond donors (Lipinski definition) is 2. The Morgan fingerprint density at radius 3 is 2.50 bits per heavy atom. The lowest BCUT2D eigenvalue weighted by atomic mass is 10.2. The first-order valence-electron chi connectivity index (χ1n) is 6.61. The molecule has 1 aromatic carbocycles. The van der Waals surface area contributed by atoms with Crippen LogP contribution < -0.4 is 10.1 Å². The van der Waals surface area contributed by atoms with Crippen molar-refractivity contribution in [1.82, 2.24) is 10.3 Å². The molecule has 0 aliphatic rings. The van der Waals surface area contributed by atoms with Crippen LogP contribution in [-0.4, -0.2) is 28.6 Å². The molecule has 0 aliphatic heterocycles. The molecule has 0 spiro atoms. The summed E-state index contributed by atoms with van der Waals surface area (Å²) in [6, 6.07) is 6.21. The highest BCUT2D eigenvalue weighted by atomic mass is 16.5. The van der Waals surface area contributed by atoms with Gasteiger partial charge >= 0.3 is 5.97 Å². The van der Waals surface area contributed by atoms with Crippen molar-refractivity contribution < 1.29 is 23.8 Å². The Balaban J connectivity index is 1.92. The van der Waals surface area contributed by atoms with E-state index in [-0.39, 0.29) is 12.5 Å². The number of carboxylic acid groups (broad SMARTS) is 1. The summed E-state index contributed by atoms with van der Waals surface area (Å²) in [5.74, 6) is 0.243. The van der Waals surface area contributed by atoms with Crippen LogP contribution in [0.15, 0.2) is 28.7 Å². The molecule has 0 aliphatic carbocycles.